The number of amides is 1. The van der Waals surface area contributed by atoms with Gasteiger partial charge in [0.2, 0.25) is 5.91 Å². The Balaban J connectivity index is 1.80. The molecule has 0 radical (unpaired) electrons. The summed E-state index contributed by atoms with van der Waals surface area (Å²) in [5.41, 5.74) is 1.57. The second-order valence-electron chi connectivity index (χ2n) is 5.93. The van der Waals surface area contributed by atoms with Crippen LogP contribution in [0.15, 0.2) is 47.4 Å². The van der Waals surface area contributed by atoms with E-state index in [9.17, 15) is 9.59 Å². The van der Waals surface area contributed by atoms with Crippen LogP contribution < -0.4 is 10.5 Å². The van der Waals surface area contributed by atoms with Crippen molar-refractivity contribution in [3.05, 3.63) is 58.5 Å². The van der Waals surface area contributed by atoms with E-state index in [4.69, 9.17) is 0 Å². The van der Waals surface area contributed by atoms with Gasteiger partial charge in [-0.15, -0.1) is 0 Å². The highest BCUT2D eigenvalue weighted by Gasteiger charge is 2.27. The summed E-state index contributed by atoms with van der Waals surface area (Å²) in [5.74, 6) is 0.0530. The first-order valence-corrected chi connectivity index (χ1v) is 7.66. The Labute approximate surface area is 134 Å². The molecule has 1 saturated heterocycles. The minimum Gasteiger partial charge on any atom is -0.359 e. The molecule has 1 fully saturated rings. The number of benzene rings is 1. The second kappa shape index (κ2) is 6.24. The Morgan fingerprint density at radius 3 is 2.61 bits per heavy atom. The monoisotopic (exact) mass is 312 g/mol. The summed E-state index contributed by atoms with van der Waals surface area (Å²) >= 11 is 0. The third-order valence-electron chi connectivity index (χ3n) is 4.26. The van der Waals surface area contributed by atoms with E-state index in [2.05, 4.69) is 5.10 Å². The normalized spacial score (nSPS) is 18.3. The van der Waals surface area contributed by atoms with E-state index in [1.54, 1.807) is 24.2 Å². The number of carbonyl (C=O) groups excluding carboxylic acids is 1. The Bertz CT molecular complexity index is 757. The molecular weight excluding hydrogens is 292 g/mol. The summed E-state index contributed by atoms with van der Waals surface area (Å²) < 4.78 is 1.43. The third-order valence-corrected chi connectivity index (χ3v) is 4.26. The molecule has 6 nitrogen and oxygen atoms in total. The molecule has 1 amide bonds. The van der Waals surface area contributed by atoms with Gasteiger partial charge in [0.05, 0.1) is 25.0 Å². The van der Waals surface area contributed by atoms with Crippen molar-refractivity contribution >= 4 is 11.6 Å². The van der Waals surface area contributed by atoms with Crippen LogP contribution in [0.2, 0.25) is 0 Å². The molecular formula is C17H20N4O2. The minimum atomic E-state index is -0.162. The molecule has 0 bridgehead atoms. The van der Waals surface area contributed by atoms with Crippen LogP contribution >= 0.6 is 0 Å². The van der Waals surface area contributed by atoms with Crippen molar-refractivity contribution < 1.29 is 4.79 Å². The first-order chi connectivity index (χ1) is 11.0. The van der Waals surface area contributed by atoms with Crippen LogP contribution in [-0.2, 0) is 11.3 Å². The maximum atomic E-state index is 12.3. The Hall–Kier alpha value is -2.63. The second-order valence-corrected chi connectivity index (χ2v) is 5.93. The van der Waals surface area contributed by atoms with Crippen molar-refractivity contribution in [1.29, 1.82) is 0 Å². The van der Waals surface area contributed by atoms with Crippen LogP contribution in [-0.4, -0.2) is 46.8 Å². The molecule has 1 aliphatic rings. The number of hydrogen-bond acceptors (Lipinski definition) is 4. The van der Waals surface area contributed by atoms with Gasteiger partial charge in [0.15, 0.2) is 0 Å². The minimum absolute atomic E-state index is 0.0530. The van der Waals surface area contributed by atoms with Crippen molar-refractivity contribution in [2.45, 2.75) is 19.5 Å². The summed E-state index contributed by atoms with van der Waals surface area (Å²) in [5, 5.41) is 4.26. The van der Waals surface area contributed by atoms with E-state index in [1.165, 1.54) is 4.68 Å². The van der Waals surface area contributed by atoms with Crippen LogP contribution in [0, 0.1) is 0 Å². The quantitative estimate of drug-likeness (QED) is 0.847. The Morgan fingerprint density at radius 1 is 1.22 bits per heavy atom. The van der Waals surface area contributed by atoms with Crippen LogP contribution in [0.3, 0.4) is 0 Å². The Kier molecular flexibility index (Phi) is 4.14. The number of nitrogens with zero attached hydrogens (tertiary/aromatic N) is 4. The van der Waals surface area contributed by atoms with Crippen molar-refractivity contribution in [2.75, 3.05) is 25.0 Å². The number of anilines is 1. The topological polar surface area (TPSA) is 58.4 Å². The molecule has 1 aromatic heterocycles. The summed E-state index contributed by atoms with van der Waals surface area (Å²) in [4.78, 5) is 27.9. The fourth-order valence-electron chi connectivity index (χ4n) is 2.70. The first-order valence-electron chi connectivity index (χ1n) is 7.66. The van der Waals surface area contributed by atoms with Crippen LogP contribution in [0.25, 0.3) is 0 Å². The number of carbonyl (C=O) groups is 1. The number of piperazine rings is 1. The molecule has 2 heterocycles. The van der Waals surface area contributed by atoms with Gasteiger partial charge in [-0.05, 0) is 12.5 Å². The number of hydrogen-bond donors (Lipinski definition) is 0. The van der Waals surface area contributed by atoms with Crippen molar-refractivity contribution in [3.8, 4) is 0 Å². The SMILES string of the molecule is CC1CN(c2cnn(Cc3ccccc3)c(=O)c2)CC(=O)N1C. The lowest BCUT2D eigenvalue weighted by atomic mass is 10.2. The van der Waals surface area contributed by atoms with E-state index in [0.29, 0.717) is 18.8 Å². The molecule has 1 aliphatic heterocycles. The number of aromatic nitrogens is 2. The van der Waals surface area contributed by atoms with Gasteiger partial charge in [-0.1, -0.05) is 30.3 Å². The van der Waals surface area contributed by atoms with Gasteiger partial charge in [0, 0.05) is 25.7 Å². The van der Waals surface area contributed by atoms with E-state index < -0.39 is 0 Å². The summed E-state index contributed by atoms with van der Waals surface area (Å²) in [6.07, 6.45) is 1.66. The lowest BCUT2D eigenvalue weighted by Crippen LogP contribution is -2.54. The van der Waals surface area contributed by atoms with Gasteiger partial charge in [-0.3, -0.25) is 9.59 Å². The molecule has 120 valence electrons. The van der Waals surface area contributed by atoms with Crippen LogP contribution in [0.1, 0.15) is 12.5 Å². The summed E-state index contributed by atoms with van der Waals surface area (Å²) in [7, 11) is 1.81. The Morgan fingerprint density at radius 2 is 1.96 bits per heavy atom. The predicted octanol–water partition coefficient (Wildman–Crippen LogP) is 0.958. The highest BCUT2D eigenvalue weighted by Crippen LogP contribution is 2.16. The smallest absolute Gasteiger partial charge is 0.269 e. The fourth-order valence-corrected chi connectivity index (χ4v) is 2.70. The van der Waals surface area contributed by atoms with Gasteiger partial charge < -0.3 is 9.80 Å². The molecule has 0 aliphatic carbocycles. The zero-order valence-electron chi connectivity index (χ0n) is 13.3. The first kappa shape index (κ1) is 15.3. The number of likely N-dealkylation sites (N-methyl/N-ethyl adjacent to an activating group) is 1. The van der Waals surface area contributed by atoms with E-state index >= 15 is 0 Å². The molecule has 0 saturated carbocycles. The molecule has 1 aromatic carbocycles. The standard InChI is InChI=1S/C17H20N4O2/c1-13-10-20(12-17(23)19(13)2)15-8-16(22)21(18-9-15)11-14-6-4-3-5-7-14/h3-9,13H,10-12H2,1-2H3. The molecule has 1 atom stereocenters. The molecule has 1 unspecified atom stereocenters. The molecule has 0 spiro atoms. The van der Waals surface area contributed by atoms with Crippen molar-refractivity contribution in [1.82, 2.24) is 14.7 Å². The predicted molar refractivity (Wildman–Crippen MR) is 88.5 cm³/mol. The van der Waals surface area contributed by atoms with Gasteiger partial charge in [0.25, 0.3) is 5.56 Å². The maximum Gasteiger partial charge on any atom is 0.269 e. The van der Waals surface area contributed by atoms with Crippen LogP contribution in [0.5, 0.6) is 0 Å². The average Bonchev–Trinajstić information content (AvgIpc) is 2.55. The summed E-state index contributed by atoms with van der Waals surface area (Å²) in [6, 6.07) is 11.4. The van der Waals surface area contributed by atoms with Gasteiger partial charge in [0.1, 0.15) is 0 Å². The summed E-state index contributed by atoms with van der Waals surface area (Å²) in [6.45, 7) is 3.42. The largest absolute Gasteiger partial charge is 0.359 e. The fraction of sp³-hybridized carbons (Fsp3) is 0.353. The van der Waals surface area contributed by atoms with E-state index in [1.807, 2.05) is 42.2 Å². The lowest BCUT2D eigenvalue weighted by molar-refractivity contribution is -0.131. The highest BCUT2D eigenvalue weighted by atomic mass is 16.2. The van der Waals surface area contributed by atoms with Gasteiger partial charge in [-0.25, -0.2) is 4.68 Å². The van der Waals surface area contributed by atoms with Crippen molar-refractivity contribution in [3.63, 3.8) is 0 Å². The zero-order valence-corrected chi connectivity index (χ0v) is 13.3. The lowest BCUT2D eigenvalue weighted by Gasteiger charge is -2.38. The molecule has 23 heavy (non-hydrogen) atoms. The van der Waals surface area contributed by atoms with E-state index in [-0.39, 0.29) is 24.1 Å². The van der Waals surface area contributed by atoms with Crippen molar-refractivity contribution in [2.24, 2.45) is 0 Å². The molecule has 6 heteroatoms. The molecule has 0 N–H and O–H groups in total. The highest BCUT2D eigenvalue weighted by molar-refractivity contribution is 5.82. The van der Waals surface area contributed by atoms with Gasteiger partial charge in [-0.2, -0.15) is 5.10 Å². The molecule has 2 aromatic rings. The van der Waals surface area contributed by atoms with Crippen LogP contribution in [0.4, 0.5) is 5.69 Å². The average molecular weight is 312 g/mol. The van der Waals surface area contributed by atoms with E-state index in [0.717, 1.165) is 5.56 Å². The third kappa shape index (κ3) is 3.26. The van der Waals surface area contributed by atoms with Gasteiger partial charge >= 0.3 is 0 Å². The molecule has 3 rings (SSSR count). The zero-order chi connectivity index (χ0) is 16.4. The number of rotatable bonds is 3. The maximum absolute atomic E-state index is 12.3.